The van der Waals surface area contributed by atoms with Crippen molar-refractivity contribution in [2.75, 3.05) is 6.54 Å². The summed E-state index contributed by atoms with van der Waals surface area (Å²) in [6.07, 6.45) is 5.22. The molecule has 0 aliphatic heterocycles. The molecule has 1 aliphatic carbocycles. The number of rotatable bonds is 5. The van der Waals surface area contributed by atoms with Crippen LogP contribution in [0.3, 0.4) is 0 Å². The summed E-state index contributed by atoms with van der Waals surface area (Å²) in [4.78, 5) is 12.0. The van der Waals surface area contributed by atoms with Crippen molar-refractivity contribution in [3.63, 3.8) is 0 Å². The third-order valence-corrected chi connectivity index (χ3v) is 3.94. The molecule has 1 fully saturated rings. The Labute approximate surface area is 111 Å². The first-order chi connectivity index (χ1) is 8.34. The van der Waals surface area contributed by atoms with E-state index in [1.807, 2.05) is 0 Å². The monoisotopic (exact) mass is 255 g/mol. The number of hydrogen-bond donors (Lipinski definition) is 1. The standard InChI is InChI=1S/C15H29NO2/c1-11(2)9-12(10-16)14(17)18-13-5-7-15(3,4)8-6-13/h11-13H,5-10,16H2,1-4H3. The first kappa shape index (κ1) is 15.5. The quantitative estimate of drug-likeness (QED) is 0.768. The fourth-order valence-corrected chi connectivity index (χ4v) is 2.61. The molecule has 3 heteroatoms. The lowest BCUT2D eigenvalue weighted by Crippen LogP contribution is -2.33. The van der Waals surface area contributed by atoms with E-state index < -0.39 is 0 Å². The smallest absolute Gasteiger partial charge is 0.310 e. The Bertz CT molecular complexity index is 264. The normalized spacial score (nSPS) is 21.9. The van der Waals surface area contributed by atoms with Crippen LogP contribution in [-0.4, -0.2) is 18.6 Å². The van der Waals surface area contributed by atoms with E-state index in [4.69, 9.17) is 10.5 Å². The van der Waals surface area contributed by atoms with E-state index in [1.54, 1.807) is 0 Å². The summed E-state index contributed by atoms with van der Waals surface area (Å²) >= 11 is 0. The molecular weight excluding hydrogens is 226 g/mol. The fraction of sp³-hybridized carbons (Fsp3) is 0.933. The first-order valence-corrected chi connectivity index (χ1v) is 7.24. The van der Waals surface area contributed by atoms with Crippen LogP contribution in [0, 0.1) is 17.3 Å². The van der Waals surface area contributed by atoms with E-state index in [0.29, 0.717) is 17.9 Å². The van der Waals surface area contributed by atoms with Crippen molar-refractivity contribution in [1.82, 2.24) is 0 Å². The molecule has 0 spiro atoms. The molecule has 18 heavy (non-hydrogen) atoms. The number of hydrogen-bond acceptors (Lipinski definition) is 3. The minimum absolute atomic E-state index is 0.0871. The van der Waals surface area contributed by atoms with Crippen LogP contribution in [0.2, 0.25) is 0 Å². The molecule has 0 amide bonds. The van der Waals surface area contributed by atoms with Crippen molar-refractivity contribution in [3.8, 4) is 0 Å². The van der Waals surface area contributed by atoms with E-state index in [-0.39, 0.29) is 18.0 Å². The van der Waals surface area contributed by atoms with E-state index in [0.717, 1.165) is 32.1 Å². The maximum atomic E-state index is 12.0. The Kier molecular flexibility index (Phi) is 5.64. The highest BCUT2D eigenvalue weighted by atomic mass is 16.5. The number of nitrogens with two attached hydrogens (primary N) is 1. The third-order valence-electron chi connectivity index (χ3n) is 3.94. The molecule has 1 saturated carbocycles. The van der Waals surface area contributed by atoms with Gasteiger partial charge in [0.1, 0.15) is 6.10 Å². The molecule has 0 aromatic heterocycles. The zero-order valence-corrected chi connectivity index (χ0v) is 12.4. The van der Waals surface area contributed by atoms with Crippen molar-refractivity contribution in [1.29, 1.82) is 0 Å². The molecule has 0 bridgehead atoms. The van der Waals surface area contributed by atoms with Gasteiger partial charge < -0.3 is 10.5 Å². The molecule has 0 saturated heterocycles. The van der Waals surface area contributed by atoms with Gasteiger partial charge in [-0.1, -0.05) is 27.7 Å². The summed E-state index contributed by atoms with van der Waals surface area (Å²) < 4.78 is 5.62. The van der Waals surface area contributed by atoms with Crippen molar-refractivity contribution in [2.45, 2.75) is 65.9 Å². The fourth-order valence-electron chi connectivity index (χ4n) is 2.61. The Hall–Kier alpha value is -0.570. The van der Waals surface area contributed by atoms with Gasteiger partial charge in [-0.25, -0.2) is 0 Å². The summed E-state index contributed by atoms with van der Waals surface area (Å²) in [6, 6.07) is 0. The Morgan fingerprint density at radius 1 is 1.33 bits per heavy atom. The second-order valence-electron chi connectivity index (χ2n) is 6.86. The van der Waals surface area contributed by atoms with Crippen molar-refractivity contribution < 1.29 is 9.53 Å². The molecule has 0 aromatic carbocycles. The van der Waals surface area contributed by atoms with Crippen molar-refractivity contribution in [2.24, 2.45) is 23.0 Å². The van der Waals surface area contributed by atoms with Gasteiger partial charge in [0, 0.05) is 6.54 Å². The van der Waals surface area contributed by atoms with Gasteiger partial charge in [0.05, 0.1) is 5.92 Å². The topological polar surface area (TPSA) is 52.3 Å². The zero-order chi connectivity index (χ0) is 13.8. The highest BCUT2D eigenvalue weighted by Crippen LogP contribution is 2.36. The van der Waals surface area contributed by atoms with Gasteiger partial charge in [-0.05, 0) is 43.4 Å². The third kappa shape index (κ3) is 4.97. The molecule has 2 N–H and O–H groups in total. The molecule has 0 aromatic rings. The van der Waals surface area contributed by atoms with Gasteiger partial charge in [0.15, 0.2) is 0 Å². The largest absolute Gasteiger partial charge is 0.462 e. The Morgan fingerprint density at radius 2 is 1.89 bits per heavy atom. The molecule has 1 rings (SSSR count). The maximum Gasteiger partial charge on any atom is 0.310 e. The highest BCUT2D eigenvalue weighted by molar-refractivity contribution is 5.72. The van der Waals surface area contributed by atoms with Crippen LogP contribution in [0.4, 0.5) is 0 Å². The minimum Gasteiger partial charge on any atom is -0.462 e. The van der Waals surface area contributed by atoms with E-state index in [9.17, 15) is 4.79 Å². The van der Waals surface area contributed by atoms with Crippen LogP contribution in [0.1, 0.15) is 59.8 Å². The van der Waals surface area contributed by atoms with E-state index in [2.05, 4.69) is 27.7 Å². The summed E-state index contributed by atoms with van der Waals surface area (Å²) in [5.74, 6) is 0.271. The van der Waals surface area contributed by atoms with Gasteiger partial charge in [0.25, 0.3) is 0 Å². The predicted octanol–water partition coefficient (Wildman–Crippen LogP) is 3.12. The predicted molar refractivity (Wildman–Crippen MR) is 74.1 cm³/mol. The number of carbonyl (C=O) groups excluding carboxylic acids is 1. The SMILES string of the molecule is CC(C)CC(CN)C(=O)OC1CCC(C)(C)CC1. The molecule has 0 heterocycles. The molecule has 1 atom stereocenters. The van der Waals surface area contributed by atoms with E-state index >= 15 is 0 Å². The summed E-state index contributed by atoms with van der Waals surface area (Å²) in [5, 5.41) is 0. The molecule has 1 aliphatic rings. The molecule has 3 nitrogen and oxygen atoms in total. The summed E-state index contributed by atoms with van der Waals surface area (Å²) in [7, 11) is 0. The average Bonchev–Trinajstić information content (AvgIpc) is 2.28. The maximum absolute atomic E-state index is 12.0. The van der Waals surface area contributed by atoms with Gasteiger partial charge in [0.2, 0.25) is 0 Å². The second-order valence-corrected chi connectivity index (χ2v) is 6.86. The molecule has 106 valence electrons. The second kappa shape index (κ2) is 6.55. The van der Waals surface area contributed by atoms with Crippen molar-refractivity contribution >= 4 is 5.97 Å². The summed E-state index contributed by atoms with van der Waals surface area (Å²) in [6.45, 7) is 9.19. The van der Waals surface area contributed by atoms with Gasteiger partial charge in [-0.3, -0.25) is 4.79 Å². The Morgan fingerprint density at radius 3 is 2.33 bits per heavy atom. The number of esters is 1. The molecule has 0 radical (unpaired) electrons. The number of carbonyl (C=O) groups is 1. The van der Waals surface area contributed by atoms with Gasteiger partial charge in [-0.15, -0.1) is 0 Å². The van der Waals surface area contributed by atoms with Crippen LogP contribution in [0.25, 0.3) is 0 Å². The average molecular weight is 255 g/mol. The number of ether oxygens (including phenoxy) is 1. The molecule has 1 unspecified atom stereocenters. The summed E-state index contributed by atoms with van der Waals surface area (Å²) in [5.41, 5.74) is 6.08. The van der Waals surface area contributed by atoms with Crippen LogP contribution < -0.4 is 5.73 Å². The lowest BCUT2D eigenvalue weighted by Gasteiger charge is -2.34. The van der Waals surface area contributed by atoms with Crippen LogP contribution in [0.5, 0.6) is 0 Å². The first-order valence-electron chi connectivity index (χ1n) is 7.24. The van der Waals surface area contributed by atoms with Crippen LogP contribution in [0.15, 0.2) is 0 Å². The lowest BCUT2D eigenvalue weighted by atomic mass is 9.76. The zero-order valence-electron chi connectivity index (χ0n) is 12.4. The Balaban J connectivity index is 2.40. The molecular formula is C15H29NO2. The highest BCUT2D eigenvalue weighted by Gasteiger charge is 2.30. The van der Waals surface area contributed by atoms with Gasteiger partial charge >= 0.3 is 5.97 Å². The minimum atomic E-state index is -0.125. The van der Waals surface area contributed by atoms with Crippen molar-refractivity contribution in [3.05, 3.63) is 0 Å². The van der Waals surface area contributed by atoms with Gasteiger partial charge in [-0.2, -0.15) is 0 Å². The van der Waals surface area contributed by atoms with E-state index in [1.165, 1.54) is 0 Å². The van der Waals surface area contributed by atoms with Crippen LogP contribution in [-0.2, 0) is 9.53 Å². The van der Waals surface area contributed by atoms with Crippen LogP contribution >= 0.6 is 0 Å². The lowest BCUT2D eigenvalue weighted by molar-refractivity contribution is -0.156.